The van der Waals surface area contributed by atoms with Gasteiger partial charge in [-0.3, -0.25) is 0 Å². The van der Waals surface area contributed by atoms with Gasteiger partial charge in [-0.25, -0.2) is 0 Å². The van der Waals surface area contributed by atoms with Crippen LogP contribution in [0.5, 0.6) is 0 Å². The van der Waals surface area contributed by atoms with E-state index in [1.165, 1.54) is 60.8 Å². The van der Waals surface area contributed by atoms with Gasteiger partial charge in [-0.2, -0.15) is 0 Å². The fourth-order valence-electron chi connectivity index (χ4n) is 12.5. The van der Waals surface area contributed by atoms with Crippen molar-refractivity contribution in [2.45, 2.75) is 5.41 Å². The molecule has 0 saturated carbocycles. The van der Waals surface area contributed by atoms with E-state index >= 15 is 0 Å². The minimum absolute atomic E-state index is 0.482. The highest BCUT2D eigenvalue weighted by molar-refractivity contribution is 6.15. The van der Waals surface area contributed by atoms with E-state index in [4.69, 9.17) is 4.42 Å². The fraction of sp³-hybridized carbons (Fsp3) is 0.0137. The molecule has 356 valence electrons. The van der Waals surface area contributed by atoms with Gasteiger partial charge in [0.2, 0.25) is 0 Å². The van der Waals surface area contributed by atoms with Crippen LogP contribution in [0.1, 0.15) is 22.3 Å². The Labute approximate surface area is 441 Å². The average Bonchev–Trinajstić information content (AvgIpc) is 4.18. The van der Waals surface area contributed by atoms with Crippen LogP contribution >= 0.6 is 0 Å². The first-order chi connectivity index (χ1) is 37.7. The van der Waals surface area contributed by atoms with Gasteiger partial charge in [-0.15, -0.1) is 0 Å². The second kappa shape index (κ2) is 17.6. The number of aromatic nitrogens is 1. The summed E-state index contributed by atoms with van der Waals surface area (Å²) in [4.78, 5) is 2.43. The Morgan fingerprint density at radius 3 is 1.63 bits per heavy atom. The summed E-state index contributed by atoms with van der Waals surface area (Å²) < 4.78 is 9.16. The van der Waals surface area contributed by atoms with Crippen LogP contribution in [-0.4, -0.2) is 4.57 Å². The number of nitrogens with zero attached hydrogens (tertiary/aromatic N) is 2. The van der Waals surface area contributed by atoms with Crippen molar-refractivity contribution in [3.63, 3.8) is 0 Å². The van der Waals surface area contributed by atoms with Gasteiger partial charge in [0, 0.05) is 33.1 Å². The molecule has 0 unspecified atom stereocenters. The number of hydrogen-bond acceptors (Lipinski definition) is 2. The number of para-hydroxylation sites is 3. The molecule has 2 heterocycles. The summed E-state index contributed by atoms with van der Waals surface area (Å²) in [5.74, 6) is 0. The summed E-state index contributed by atoms with van der Waals surface area (Å²) in [6.45, 7) is 0. The average molecular weight is 969 g/mol. The van der Waals surface area contributed by atoms with E-state index in [-0.39, 0.29) is 0 Å². The molecule has 0 atom stereocenters. The highest BCUT2D eigenvalue weighted by Crippen LogP contribution is 2.57. The maximum absolute atomic E-state index is 6.79. The van der Waals surface area contributed by atoms with E-state index in [0.29, 0.717) is 0 Å². The molecule has 0 bridgehead atoms. The summed E-state index contributed by atoms with van der Waals surface area (Å²) in [6.07, 6.45) is 0. The molecule has 0 amide bonds. The highest BCUT2D eigenvalue weighted by Gasteiger charge is 2.46. The molecule has 15 rings (SSSR count). The number of fused-ring (bicyclic) bond motifs is 9. The van der Waals surface area contributed by atoms with Gasteiger partial charge in [-0.05, 0) is 140 Å². The molecule has 1 aliphatic rings. The molecule has 14 aromatic rings. The van der Waals surface area contributed by atoms with Crippen LogP contribution in [0.25, 0.3) is 93.9 Å². The third-order valence-corrected chi connectivity index (χ3v) is 15.9. The van der Waals surface area contributed by atoms with Crippen molar-refractivity contribution in [3.05, 3.63) is 313 Å². The summed E-state index contributed by atoms with van der Waals surface area (Å²) in [5.41, 5.74) is 22.4. The van der Waals surface area contributed by atoms with E-state index in [1.807, 2.05) is 0 Å². The minimum Gasteiger partial charge on any atom is -0.456 e. The first-order valence-electron chi connectivity index (χ1n) is 26.2. The van der Waals surface area contributed by atoms with Gasteiger partial charge in [-0.1, -0.05) is 212 Å². The largest absolute Gasteiger partial charge is 0.456 e. The molecule has 2 aromatic heterocycles. The molecule has 3 nitrogen and oxygen atoms in total. The molecule has 0 fully saturated rings. The molecule has 12 aromatic carbocycles. The van der Waals surface area contributed by atoms with Crippen LogP contribution in [-0.2, 0) is 5.41 Å². The standard InChI is InChI=1S/C73H48N2O/c1-5-20-50(21-6-1)58-28-14-17-32-66(58)75(57-41-36-49(37-42-57)53-38-43-60-59-29-13-16-31-64(59)73(65(60)48-53,54-22-7-2-8-23-54)55-24-9-3-10-25-55)69-34-19-35-71-72(69)63-47-52(40-45-70(63)76-71)51-39-44-68-62(46-51)61-30-15-18-33-67(61)74(68)56-26-11-4-12-27-56/h1-48H. The maximum Gasteiger partial charge on any atom is 0.137 e. The van der Waals surface area contributed by atoms with Gasteiger partial charge in [0.1, 0.15) is 11.2 Å². The Hall–Kier alpha value is -9.96. The van der Waals surface area contributed by atoms with Gasteiger partial charge in [0.05, 0.1) is 33.2 Å². The van der Waals surface area contributed by atoms with Gasteiger partial charge >= 0.3 is 0 Å². The van der Waals surface area contributed by atoms with Crippen molar-refractivity contribution in [2.75, 3.05) is 4.90 Å². The number of furan rings is 1. The van der Waals surface area contributed by atoms with Gasteiger partial charge in [0.25, 0.3) is 0 Å². The lowest BCUT2D eigenvalue weighted by molar-refractivity contribution is 0.669. The molecular formula is C73H48N2O. The molecule has 3 heteroatoms. The molecule has 0 spiro atoms. The van der Waals surface area contributed by atoms with E-state index in [1.54, 1.807) is 0 Å². The summed E-state index contributed by atoms with van der Waals surface area (Å²) in [7, 11) is 0. The Kier molecular flexibility index (Phi) is 10.1. The molecule has 0 aliphatic heterocycles. The van der Waals surface area contributed by atoms with Crippen molar-refractivity contribution in [1.82, 2.24) is 4.57 Å². The van der Waals surface area contributed by atoms with Crippen molar-refractivity contribution in [3.8, 4) is 50.2 Å². The lowest BCUT2D eigenvalue weighted by atomic mass is 9.67. The zero-order chi connectivity index (χ0) is 50.2. The number of hydrogen-bond donors (Lipinski definition) is 0. The van der Waals surface area contributed by atoms with E-state index in [9.17, 15) is 0 Å². The van der Waals surface area contributed by atoms with Crippen LogP contribution in [0, 0.1) is 0 Å². The molecule has 76 heavy (non-hydrogen) atoms. The second-order valence-corrected chi connectivity index (χ2v) is 19.9. The first kappa shape index (κ1) is 43.6. The Balaban J connectivity index is 0.888. The first-order valence-corrected chi connectivity index (χ1v) is 26.2. The van der Waals surface area contributed by atoms with Crippen molar-refractivity contribution in [1.29, 1.82) is 0 Å². The van der Waals surface area contributed by atoms with Crippen LogP contribution < -0.4 is 4.90 Å². The third-order valence-electron chi connectivity index (χ3n) is 15.9. The Bertz CT molecular complexity index is 4460. The number of rotatable bonds is 9. The predicted molar refractivity (Wildman–Crippen MR) is 316 cm³/mol. The van der Waals surface area contributed by atoms with E-state index < -0.39 is 5.41 Å². The molecule has 0 radical (unpaired) electrons. The smallest absolute Gasteiger partial charge is 0.137 e. The molecule has 1 aliphatic carbocycles. The van der Waals surface area contributed by atoms with Crippen molar-refractivity contribution >= 4 is 60.8 Å². The van der Waals surface area contributed by atoms with Crippen molar-refractivity contribution in [2.24, 2.45) is 0 Å². The van der Waals surface area contributed by atoms with Crippen LogP contribution in [0.4, 0.5) is 17.1 Å². The van der Waals surface area contributed by atoms with Crippen molar-refractivity contribution < 1.29 is 4.42 Å². The van der Waals surface area contributed by atoms with E-state index in [2.05, 4.69) is 301 Å². The monoisotopic (exact) mass is 968 g/mol. The van der Waals surface area contributed by atoms with Crippen LogP contribution in [0.2, 0.25) is 0 Å². The van der Waals surface area contributed by atoms with Crippen LogP contribution in [0.15, 0.2) is 296 Å². The normalized spacial score (nSPS) is 12.6. The minimum atomic E-state index is -0.482. The lowest BCUT2D eigenvalue weighted by Crippen LogP contribution is -2.28. The lowest BCUT2D eigenvalue weighted by Gasteiger charge is -2.34. The quantitative estimate of drug-likeness (QED) is 0.144. The SMILES string of the molecule is c1ccc(-c2ccccc2N(c2ccc(-c3ccc4c(c3)C(c3ccccc3)(c3ccccc3)c3ccccc3-4)cc2)c2cccc3oc4ccc(-c5ccc6c(c5)c5ccccc5n6-c5ccccc5)cc4c23)cc1. The molecular weight excluding hydrogens is 921 g/mol. The Morgan fingerprint density at radius 1 is 0.316 bits per heavy atom. The third kappa shape index (κ3) is 6.76. The zero-order valence-corrected chi connectivity index (χ0v) is 41.5. The summed E-state index contributed by atoms with van der Waals surface area (Å²) in [6, 6.07) is 106. The summed E-state index contributed by atoms with van der Waals surface area (Å²) in [5, 5.41) is 4.57. The molecule has 0 saturated heterocycles. The predicted octanol–water partition coefficient (Wildman–Crippen LogP) is 19.5. The zero-order valence-electron chi connectivity index (χ0n) is 41.5. The fourth-order valence-corrected chi connectivity index (χ4v) is 12.5. The van der Waals surface area contributed by atoms with Crippen LogP contribution in [0.3, 0.4) is 0 Å². The summed E-state index contributed by atoms with van der Waals surface area (Å²) >= 11 is 0. The number of anilines is 3. The maximum atomic E-state index is 6.79. The second-order valence-electron chi connectivity index (χ2n) is 19.9. The Morgan fingerprint density at radius 2 is 0.868 bits per heavy atom. The number of benzene rings is 12. The van der Waals surface area contributed by atoms with Gasteiger partial charge in [0.15, 0.2) is 0 Å². The molecule has 0 N–H and O–H groups in total. The topological polar surface area (TPSA) is 21.3 Å². The highest BCUT2D eigenvalue weighted by atomic mass is 16.3. The van der Waals surface area contributed by atoms with E-state index in [0.717, 1.165) is 72.5 Å². The van der Waals surface area contributed by atoms with Gasteiger partial charge < -0.3 is 13.9 Å².